The maximum absolute atomic E-state index is 12.2. The number of carbonyl (C=O) groups excluding carboxylic acids is 2. The van der Waals surface area contributed by atoms with Crippen LogP contribution in [0.5, 0.6) is 0 Å². The lowest BCUT2D eigenvalue weighted by molar-refractivity contribution is -0.154. The number of carbonyl (C=O) groups is 2. The van der Waals surface area contributed by atoms with Gasteiger partial charge in [0.05, 0.1) is 26.0 Å². The van der Waals surface area contributed by atoms with Gasteiger partial charge in [0.2, 0.25) is 5.78 Å². The van der Waals surface area contributed by atoms with E-state index in [0.717, 1.165) is 0 Å². The van der Waals surface area contributed by atoms with Gasteiger partial charge in [-0.2, -0.15) is 0 Å². The van der Waals surface area contributed by atoms with Crippen molar-refractivity contribution in [2.24, 2.45) is 5.92 Å². The van der Waals surface area contributed by atoms with Crippen molar-refractivity contribution >= 4 is 19.3 Å². The fourth-order valence-corrected chi connectivity index (χ4v) is 3.27. The molecule has 0 aromatic carbocycles. The van der Waals surface area contributed by atoms with Crippen LogP contribution in [-0.4, -0.2) is 37.7 Å². The molecule has 0 saturated carbocycles. The van der Waals surface area contributed by atoms with Gasteiger partial charge in [0.15, 0.2) is 0 Å². The van der Waals surface area contributed by atoms with Gasteiger partial charge in [0.25, 0.3) is 0 Å². The molecule has 0 amide bonds. The highest BCUT2D eigenvalue weighted by Gasteiger charge is 2.32. The van der Waals surface area contributed by atoms with Crippen LogP contribution in [0.2, 0.25) is 0 Å². The van der Waals surface area contributed by atoms with Crippen molar-refractivity contribution in [3.63, 3.8) is 0 Å². The first-order valence-electron chi connectivity index (χ1n) is 5.99. The van der Waals surface area contributed by atoms with Crippen molar-refractivity contribution in [1.82, 2.24) is 0 Å². The van der Waals surface area contributed by atoms with Gasteiger partial charge >= 0.3 is 13.6 Å². The second-order valence-electron chi connectivity index (χ2n) is 3.61. The number of ether oxygens (including phenoxy) is 1. The average molecular weight is 280 g/mol. The predicted octanol–water partition coefficient (Wildman–Crippen LogP) is 2.02. The quantitative estimate of drug-likeness (QED) is 0.365. The largest absolute Gasteiger partial charge is 0.460 e. The van der Waals surface area contributed by atoms with E-state index in [1.54, 1.807) is 20.8 Å². The highest BCUT2D eigenvalue weighted by Crippen LogP contribution is 2.49. The summed E-state index contributed by atoms with van der Waals surface area (Å²) in [6.07, 6.45) is -0.119. The maximum Gasteiger partial charge on any atom is 0.374 e. The van der Waals surface area contributed by atoms with Crippen LogP contribution in [-0.2, 0) is 27.9 Å². The normalized spacial score (nSPS) is 13.1. The van der Waals surface area contributed by atoms with Crippen LogP contribution in [0.3, 0.4) is 0 Å². The van der Waals surface area contributed by atoms with E-state index in [1.165, 1.54) is 6.92 Å². The van der Waals surface area contributed by atoms with E-state index in [-0.39, 0.29) is 26.0 Å². The van der Waals surface area contributed by atoms with Gasteiger partial charge in [-0.15, -0.1) is 0 Å². The molecule has 0 N–H and O–H groups in total. The fraction of sp³-hybridized carbons (Fsp3) is 0.818. The Morgan fingerprint density at radius 2 is 1.56 bits per heavy atom. The summed E-state index contributed by atoms with van der Waals surface area (Å²) in [6, 6.07) is 0. The van der Waals surface area contributed by atoms with Crippen LogP contribution in [0.25, 0.3) is 0 Å². The van der Waals surface area contributed by atoms with Gasteiger partial charge < -0.3 is 13.8 Å². The van der Waals surface area contributed by atoms with Crippen LogP contribution in [0.15, 0.2) is 0 Å². The molecule has 0 aliphatic heterocycles. The van der Waals surface area contributed by atoms with E-state index in [9.17, 15) is 14.2 Å². The summed E-state index contributed by atoms with van der Waals surface area (Å²) in [5, 5.41) is 0. The van der Waals surface area contributed by atoms with E-state index >= 15 is 0 Å². The summed E-state index contributed by atoms with van der Waals surface area (Å²) in [4.78, 5) is 22.9. The van der Waals surface area contributed by atoms with Crippen LogP contribution in [0.4, 0.5) is 0 Å². The minimum absolute atomic E-state index is 0.119. The Balaban J connectivity index is 4.59. The molecule has 0 aromatic heterocycles. The van der Waals surface area contributed by atoms with Gasteiger partial charge in [0, 0.05) is 5.92 Å². The Kier molecular flexibility index (Phi) is 8.07. The van der Waals surface area contributed by atoms with Crippen molar-refractivity contribution in [1.29, 1.82) is 0 Å². The Morgan fingerprint density at radius 1 is 1.06 bits per heavy atom. The van der Waals surface area contributed by atoms with E-state index in [4.69, 9.17) is 9.05 Å². The smallest absolute Gasteiger partial charge is 0.374 e. The highest BCUT2D eigenvalue weighted by atomic mass is 31.2. The monoisotopic (exact) mass is 280 g/mol. The van der Waals surface area contributed by atoms with Crippen molar-refractivity contribution in [3.8, 4) is 0 Å². The third-order valence-corrected chi connectivity index (χ3v) is 4.37. The number of hydrogen-bond acceptors (Lipinski definition) is 6. The molecule has 0 aromatic rings. The molecule has 0 aliphatic rings. The zero-order valence-corrected chi connectivity index (χ0v) is 12.2. The molecule has 0 aliphatic carbocycles. The first kappa shape index (κ1) is 17.3. The zero-order valence-electron chi connectivity index (χ0n) is 11.3. The lowest BCUT2D eigenvalue weighted by Crippen LogP contribution is -2.26. The first-order valence-corrected chi connectivity index (χ1v) is 7.72. The molecule has 0 heterocycles. The van der Waals surface area contributed by atoms with Crippen LogP contribution >= 0.6 is 7.60 Å². The molecule has 7 heteroatoms. The summed E-state index contributed by atoms with van der Waals surface area (Å²) in [6.45, 7) is 7.05. The number of rotatable bonds is 9. The van der Waals surface area contributed by atoms with E-state index in [2.05, 4.69) is 4.74 Å². The Hall–Kier alpha value is -0.710. The molecule has 1 atom stereocenters. The molecule has 0 fully saturated rings. The SMILES string of the molecule is CCOC(=O)C(=O)C(C)CP(=O)(OCC)OCC. The highest BCUT2D eigenvalue weighted by molar-refractivity contribution is 7.53. The second kappa shape index (κ2) is 8.40. The number of esters is 1. The standard InChI is InChI=1S/C11H21O6P/c1-5-15-11(13)10(12)9(4)8-18(14,16-6-2)17-7-3/h9H,5-8H2,1-4H3. The summed E-state index contributed by atoms with van der Waals surface area (Å²) >= 11 is 0. The lowest BCUT2D eigenvalue weighted by atomic mass is 10.1. The van der Waals surface area contributed by atoms with E-state index < -0.39 is 25.3 Å². The number of hydrogen-bond donors (Lipinski definition) is 0. The van der Waals surface area contributed by atoms with E-state index in [0.29, 0.717) is 0 Å². The summed E-state index contributed by atoms with van der Waals surface area (Å²) in [5.74, 6) is -2.38. The van der Waals surface area contributed by atoms with Gasteiger partial charge in [-0.25, -0.2) is 4.79 Å². The molecule has 0 saturated heterocycles. The van der Waals surface area contributed by atoms with Crippen LogP contribution < -0.4 is 0 Å². The topological polar surface area (TPSA) is 78.9 Å². The third kappa shape index (κ3) is 5.76. The van der Waals surface area contributed by atoms with Crippen molar-refractivity contribution < 1.29 is 27.9 Å². The maximum atomic E-state index is 12.2. The van der Waals surface area contributed by atoms with Gasteiger partial charge in [-0.3, -0.25) is 9.36 Å². The third-order valence-electron chi connectivity index (χ3n) is 2.07. The predicted molar refractivity (Wildman–Crippen MR) is 66.5 cm³/mol. The lowest BCUT2D eigenvalue weighted by Gasteiger charge is -2.19. The number of ketones is 1. The molecule has 106 valence electrons. The Morgan fingerprint density at radius 3 is 1.94 bits per heavy atom. The van der Waals surface area contributed by atoms with Crippen molar-refractivity contribution in [2.75, 3.05) is 26.0 Å². The van der Waals surface area contributed by atoms with Crippen molar-refractivity contribution in [3.05, 3.63) is 0 Å². The summed E-state index contributed by atoms with van der Waals surface area (Å²) in [5.41, 5.74) is 0. The van der Waals surface area contributed by atoms with Gasteiger partial charge in [0.1, 0.15) is 0 Å². The van der Waals surface area contributed by atoms with E-state index in [1.807, 2.05) is 0 Å². The van der Waals surface area contributed by atoms with Crippen molar-refractivity contribution in [2.45, 2.75) is 27.7 Å². The summed E-state index contributed by atoms with van der Waals surface area (Å²) in [7, 11) is -3.32. The zero-order chi connectivity index (χ0) is 14.2. The number of Topliss-reactive ketones (excluding diaryl/α,β-unsaturated/α-hetero) is 1. The van der Waals surface area contributed by atoms with Gasteiger partial charge in [-0.05, 0) is 20.8 Å². The molecule has 0 bridgehead atoms. The molecule has 1 unspecified atom stereocenters. The van der Waals surface area contributed by atoms with Crippen LogP contribution in [0.1, 0.15) is 27.7 Å². The molecule has 0 rings (SSSR count). The first-order chi connectivity index (χ1) is 8.40. The molecule has 0 spiro atoms. The minimum atomic E-state index is -3.32. The minimum Gasteiger partial charge on any atom is -0.460 e. The Labute approximate surface area is 108 Å². The molecule has 0 radical (unpaired) electrons. The van der Waals surface area contributed by atoms with Crippen LogP contribution in [0, 0.1) is 5.92 Å². The summed E-state index contributed by atoms with van der Waals surface area (Å²) < 4.78 is 26.9. The molecule has 6 nitrogen and oxygen atoms in total. The molecular weight excluding hydrogens is 259 g/mol. The average Bonchev–Trinajstić information content (AvgIpc) is 2.28. The second-order valence-corrected chi connectivity index (χ2v) is 5.72. The van der Waals surface area contributed by atoms with Gasteiger partial charge in [-0.1, -0.05) is 6.92 Å². The fourth-order valence-electron chi connectivity index (χ4n) is 1.36. The molecule has 18 heavy (non-hydrogen) atoms. The Bertz CT molecular complexity index is 317. The molecular formula is C11H21O6P.